The third kappa shape index (κ3) is 2.22. The van der Waals surface area contributed by atoms with Crippen LogP contribution >= 0.6 is 0 Å². The first-order valence-corrected chi connectivity index (χ1v) is 5.36. The fourth-order valence-corrected chi connectivity index (χ4v) is 1.86. The first kappa shape index (κ1) is 11.4. The standard InChI is InChI=1S/C12H14N2O3/c1-12(10(15)16)8-14(11(17)13-12)7-9-5-3-2-4-6-9/h2-6H,7-8H2,1H3,(H,13,17)(H,15,16). The van der Waals surface area contributed by atoms with Gasteiger partial charge in [0.2, 0.25) is 0 Å². The molecule has 2 amide bonds. The Labute approximate surface area is 99.0 Å². The normalized spacial score (nSPS) is 23.6. The Morgan fingerprint density at radius 2 is 2.12 bits per heavy atom. The molecular weight excluding hydrogens is 220 g/mol. The number of amides is 2. The Balaban J connectivity index is 2.09. The molecular formula is C12H14N2O3. The predicted octanol–water partition coefficient (Wildman–Crippen LogP) is 1.06. The van der Waals surface area contributed by atoms with Crippen molar-refractivity contribution >= 4 is 12.0 Å². The van der Waals surface area contributed by atoms with Crippen LogP contribution in [0.1, 0.15) is 12.5 Å². The molecule has 1 saturated heterocycles. The molecule has 1 fully saturated rings. The highest BCUT2D eigenvalue weighted by atomic mass is 16.4. The molecule has 1 aromatic rings. The van der Waals surface area contributed by atoms with Crippen LogP contribution in [0, 0.1) is 0 Å². The summed E-state index contributed by atoms with van der Waals surface area (Å²) in [7, 11) is 0. The lowest BCUT2D eigenvalue weighted by Gasteiger charge is -2.18. The SMILES string of the molecule is CC1(C(=O)O)CN(Cc2ccccc2)C(=O)N1. The lowest BCUT2D eigenvalue weighted by Crippen LogP contribution is -2.47. The van der Waals surface area contributed by atoms with E-state index in [1.54, 1.807) is 0 Å². The largest absolute Gasteiger partial charge is 0.479 e. The number of aliphatic carboxylic acids is 1. The summed E-state index contributed by atoms with van der Waals surface area (Å²) in [5, 5.41) is 11.5. The molecule has 90 valence electrons. The van der Waals surface area contributed by atoms with Gasteiger partial charge in [0.25, 0.3) is 0 Å². The number of carbonyl (C=O) groups excluding carboxylic acids is 1. The maximum atomic E-state index is 11.7. The average Bonchev–Trinajstić information content (AvgIpc) is 2.57. The average molecular weight is 234 g/mol. The van der Waals surface area contributed by atoms with Gasteiger partial charge in [-0.05, 0) is 12.5 Å². The Morgan fingerprint density at radius 1 is 1.47 bits per heavy atom. The van der Waals surface area contributed by atoms with E-state index in [-0.39, 0.29) is 12.6 Å². The molecule has 1 aromatic carbocycles. The number of benzene rings is 1. The second-order valence-corrected chi connectivity index (χ2v) is 4.41. The fraction of sp³-hybridized carbons (Fsp3) is 0.333. The quantitative estimate of drug-likeness (QED) is 0.821. The van der Waals surface area contributed by atoms with E-state index in [0.717, 1.165) is 5.56 Å². The van der Waals surface area contributed by atoms with Crippen LogP contribution in [0.5, 0.6) is 0 Å². The summed E-state index contributed by atoms with van der Waals surface area (Å²) < 4.78 is 0. The number of hydrogen-bond acceptors (Lipinski definition) is 2. The van der Waals surface area contributed by atoms with Gasteiger partial charge in [0.1, 0.15) is 0 Å². The minimum absolute atomic E-state index is 0.177. The zero-order valence-corrected chi connectivity index (χ0v) is 9.51. The van der Waals surface area contributed by atoms with Gasteiger partial charge in [-0.3, -0.25) is 0 Å². The molecule has 0 aliphatic carbocycles. The van der Waals surface area contributed by atoms with Crippen molar-refractivity contribution in [2.45, 2.75) is 19.0 Å². The zero-order valence-electron chi connectivity index (χ0n) is 9.51. The molecule has 1 aliphatic rings. The van der Waals surface area contributed by atoms with Crippen LogP contribution in [0.4, 0.5) is 4.79 Å². The number of carboxylic acid groups (broad SMARTS) is 1. The van der Waals surface area contributed by atoms with Crippen LogP contribution < -0.4 is 5.32 Å². The van der Waals surface area contributed by atoms with E-state index in [0.29, 0.717) is 6.54 Å². The first-order valence-electron chi connectivity index (χ1n) is 5.36. The van der Waals surface area contributed by atoms with Crippen LogP contribution in [-0.2, 0) is 11.3 Å². The highest BCUT2D eigenvalue weighted by molar-refractivity contribution is 5.89. The summed E-state index contributed by atoms with van der Waals surface area (Å²) in [6.45, 7) is 2.11. The van der Waals surface area contributed by atoms with Crippen molar-refractivity contribution in [1.29, 1.82) is 0 Å². The number of carboxylic acids is 1. The zero-order chi connectivity index (χ0) is 12.5. The van der Waals surface area contributed by atoms with Crippen molar-refractivity contribution in [2.24, 2.45) is 0 Å². The summed E-state index contributed by atoms with van der Waals surface area (Å²) in [6, 6.07) is 9.15. The van der Waals surface area contributed by atoms with E-state index < -0.39 is 11.5 Å². The number of hydrogen-bond donors (Lipinski definition) is 2. The van der Waals surface area contributed by atoms with Crippen LogP contribution in [0.2, 0.25) is 0 Å². The molecule has 2 rings (SSSR count). The number of carbonyl (C=O) groups is 2. The van der Waals surface area contributed by atoms with Crippen molar-refractivity contribution in [3.05, 3.63) is 35.9 Å². The predicted molar refractivity (Wildman–Crippen MR) is 61.4 cm³/mol. The van der Waals surface area contributed by atoms with Gasteiger partial charge in [-0.1, -0.05) is 30.3 Å². The second-order valence-electron chi connectivity index (χ2n) is 4.41. The molecule has 0 radical (unpaired) electrons. The molecule has 1 aliphatic heterocycles. The molecule has 17 heavy (non-hydrogen) atoms. The van der Waals surface area contributed by atoms with Crippen molar-refractivity contribution in [1.82, 2.24) is 10.2 Å². The van der Waals surface area contributed by atoms with Gasteiger partial charge in [-0.25, -0.2) is 9.59 Å². The van der Waals surface area contributed by atoms with Gasteiger partial charge in [0.15, 0.2) is 5.54 Å². The Bertz CT molecular complexity index is 446. The Morgan fingerprint density at radius 3 is 2.65 bits per heavy atom. The minimum Gasteiger partial charge on any atom is -0.479 e. The van der Waals surface area contributed by atoms with E-state index in [1.165, 1.54) is 11.8 Å². The molecule has 0 saturated carbocycles. The Kier molecular flexibility index (Phi) is 2.75. The van der Waals surface area contributed by atoms with Gasteiger partial charge in [-0.15, -0.1) is 0 Å². The maximum Gasteiger partial charge on any atom is 0.331 e. The summed E-state index contributed by atoms with van der Waals surface area (Å²) in [5.41, 5.74) is -0.205. The molecule has 0 aromatic heterocycles. The molecule has 5 nitrogen and oxygen atoms in total. The van der Waals surface area contributed by atoms with Gasteiger partial charge < -0.3 is 15.3 Å². The van der Waals surface area contributed by atoms with Crippen LogP contribution in [-0.4, -0.2) is 34.1 Å². The number of rotatable bonds is 3. The van der Waals surface area contributed by atoms with Crippen LogP contribution in [0.25, 0.3) is 0 Å². The molecule has 2 N–H and O–H groups in total. The summed E-state index contributed by atoms with van der Waals surface area (Å²) in [5.74, 6) is -1.01. The van der Waals surface area contributed by atoms with E-state index in [2.05, 4.69) is 5.32 Å². The van der Waals surface area contributed by atoms with E-state index in [4.69, 9.17) is 5.11 Å². The summed E-state index contributed by atoms with van der Waals surface area (Å²) in [6.07, 6.45) is 0. The number of nitrogens with one attached hydrogen (secondary N) is 1. The minimum atomic E-state index is -1.19. The lowest BCUT2D eigenvalue weighted by molar-refractivity contribution is -0.143. The third-order valence-electron chi connectivity index (χ3n) is 2.87. The molecule has 5 heteroatoms. The van der Waals surface area contributed by atoms with Gasteiger partial charge >= 0.3 is 12.0 Å². The second kappa shape index (κ2) is 4.08. The highest BCUT2D eigenvalue weighted by Gasteiger charge is 2.44. The van der Waals surface area contributed by atoms with Crippen LogP contribution in [0.3, 0.4) is 0 Å². The van der Waals surface area contributed by atoms with E-state index in [9.17, 15) is 9.59 Å². The third-order valence-corrected chi connectivity index (χ3v) is 2.87. The summed E-state index contributed by atoms with van der Waals surface area (Å²) in [4.78, 5) is 24.2. The molecule has 1 heterocycles. The van der Waals surface area contributed by atoms with Gasteiger partial charge in [0, 0.05) is 6.54 Å². The van der Waals surface area contributed by atoms with Crippen molar-refractivity contribution in [2.75, 3.05) is 6.54 Å². The van der Waals surface area contributed by atoms with Crippen molar-refractivity contribution in [3.8, 4) is 0 Å². The smallest absolute Gasteiger partial charge is 0.331 e. The number of urea groups is 1. The van der Waals surface area contributed by atoms with Gasteiger partial charge in [0.05, 0.1) is 6.54 Å². The Hall–Kier alpha value is -2.04. The molecule has 0 spiro atoms. The molecule has 1 unspecified atom stereocenters. The van der Waals surface area contributed by atoms with Crippen molar-refractivity contribution < 1.29 is 14.7 Å². The molecule has 0 bridgehead atoms. The van der Waals surface area contributed by atoms with Crippen molar-refractivity contribution in [3.63, 3.8) is 0 Å². The monoisotopic (exact) mass is 234 g/mol. The maximum absolute atomic E-state index is 11.7. The van der Waals surface area contributed by atoms with Crippen LogP contribution in [0.15, 0.2) is 30.3 Å². The number of nitrogens with zero attached hydrogens (tertiary/aromatic N) is 1. The molecule has 1 atom stereocenters. The van der Waals surface area contributed by atoms with E-state index >= 15 is 0 Å². The highest BCUT2D eigenvalue weighted by Crippen LogP contribution is 2.18. The van der Waals surface area contributed by atoms with E-state index in [1.807, 2.05) is 30.3 Å². The fourth-order valence-electron chi connectivity index (χ4n) is 1.86. The first-order chi connectivity index (χ1) is 8.01. The topological polar surface area (TPSA) is 69.6 Å². The lowest BCUT2D eigenvalue weighted by atomic mass is 10.0. The summed E-state index contributed by atoms with van der Waals surface area (Å²) >= 11 is 0. The van der Waals surface area contributed by atoms with Gasteiger partial charge in [-0.2, -0.15) is 0 Å².